The standard InChI is InChI=1S/C25H24Cl3N3O2/c26-19-5-10-24(23(28)15-19)33-17-25(32)29-20-6-8-21(9-7-20)31-13-11-30(12-14-31)16-18-3-1-2-4-22(18)27/h1-10,15H,11-14,16-17H2,(H,29,32). The van der Waals surface area contributed by atoms with Crippen molar-refractivity contribution in [3.63, 3.8) is 0 Å². The van der Waals surface area contributed by atoms with Gasteiger partial charge >= 0.3 is 0 Å². The predicted octanol–water partition coefficient (Wildman–Crippen LogP) is 5.99. The Morgan fingerprint density at radius 2 is 1.61 bits per heavy atom. The average molecular weight is 505 g/mol. The summed E-state index contributed by atoms with van der Waals surface area (Å²) < 4.78 is 5.48. The van der Waals surface area contributed by atoms with Crippen LogP contribution in [0, 0.1) is 0 Å². The molecular formula is C25H24Cl3N3O2. The maximum atomic E-state index is 12.2. The van der Waals surface area contributed by atoms with Gasteiger partial charge in [0.25, 0.3) is 5.91 Å². The van der Waals surface area contributed by atoms with Gasteiger partial charge in [0, 0.05) is 54.1 Å². The fourth-order valence-electron chi connectivity index (χ4n) is 3.72. The minimum absolute atomic E-state index is 0.142. The van der Waals surface area contributed by atoms with Crippen molar-refractivity contribution in [1.29, 1.82) is 0 Å². The number of hydrogen-bond donors (Lipinski definition) is 1. The van der Waals surface area contributed by atoms with Crippen LogP contribution in [-0.4, -0.2) is 43.6 Å². The lowest BCUT2D eigenvalue weighted by Crippen LogP contribution is -2.46. The van der Waals surface area contributed by atoms with Gasteiger partial charge in [0.2, 0.25) is 0 Å². The molecule has 1 saturated heterocycles. The van der Waals surface area contributed by atoms with E-state index in [1.807, 2.05) is 42.5 Å². The molecular weight excluding hydrogens is 481 g/mol. The highest BCUT2D eigenvalue weighted by molar-refractivity contribution is 6.35. The number of anilines is 2. The van der Waals surface area contributed by atoms with E-state index in [9.17, 15) is 4.79 Å². The number of carbonyl (C=O) groups excluding carboxylic acids is 1. The van der Waals surface area contributed by atoms with Crippen LogP contribution in [0.5, 0.6) is 5.75 Å². The van der Waals surface area contributed by atoms with Gasteiger partial charge in [-0.2, -0.15) is 0 Å². The van der Waals surface area contributed by atoms with Crippen molar-refractivity contribution in [2.24, 2.45) is 0 Å². The molecule has 5 nitrogen and oxygen atoms in total. The van der Waals surface area contributed by atoms with Gasteiger partial charge in [-0.15, -0.1) is 0 Å². The maximum absolute atomic E-state index is 12.2. The Kier molecular flexibility index (Phi) is 7.99. The fourth-order valence-corrected chi connectivity index (χ4v) is 4.38. The average Bonchev–Trinajstić information content (AvgIpc) is 2.81. The molecule has 0 unspecified atom stereocenters. The Morgan fingerprint density at radius 3 is 2.30 bits per heavy atom. The minimum atomic E-state index is -0.262. The van der Waals surface area contributed by atoms with E-state index in [2.05, 4.69) is 21.2 Å². The Balaban J connectivity index is 1.24. The number of rotatable bonds is 7. The minimum Gasteiger partial charge on any atom is -0.482 e. The first-order chi connectivity index (χ1) is 16.0. The van der Waals surface area contributed by atoms with Crippen molar-refractivity contribution in [1.82, 2.24) is 4.90 Å². The highest BCUT2D eigenvalue weighted by atomic mass is 35.5. The highest BCUT2D eigenvalue weighted by Gasteiger charge is 2.18. The monoisotopic (exact) mass is 503 g/mol. The van der Waals surface area contributed by atoms with Gasteiger partial charge in [-0.05, 0) is 54.1 Å². The number of carbonyl (C=O) groups is 1. The van der Waals surface area contributed by atoms with Crippen LogP contribution >= 0.6 is 34.8 Å². The van der Waals surface area contributed by atoms with E-state index in [0.717, 1.165) is 49.0 Å². The van der Waals surface area contributed by atoms with E-state index in [-0.39, 0.29) is 12.5 Å². The molecule has 3 aromatic rings. The first-order valence-electron chi connectivity index (χ1n) is 10.7. The number of hydrogen-bond acceptors (Lipinski definition) is 4. The lowest BCUT2D eigenvalue weighted by molar-refractivity contribution is -0.118. The summed E-state index contributed by atoms with van der Waals surface area (Å²) in [6, 6.07) is 20.7. The Labute approximate surface area is 208 Å². The number of ether oxygens (including phenoxy) is 1. The molecule has 8 heteroatoms. The summed E-state index contributed by atoms with van der Waals surface area (Å²) in [5.41, 5.74) is 3.01. The molecule has 0 saturated carbocycles. The van der Waals surface area contributed by atoms with Gasteiger partial charge in [-0.3, -0.25) is 9.69 Å². The van der Waals surface area contributed by atoms with E-state index >= 15 is 0 Å². The van der Waals surface area contributed by atoms with Gasteiger partial charge in [0.1, 0.15) is 5.75 Å². The lowest BCUT2D eigenvalue weighted by atomic mass is 10.2. The molecule has 0 bridgehead atoms. The molecule has 33 heavy (non-hydrogen) atoms. The third-order valence-corrected chi connectivity index (χ3v) is 6.39. The van der Waals surface area contributed by atoms with Crippen LogP contribution < -0.4 is 15.0 Å². The van der Waals surface area contributed by atoms with Crippen molar-refractivity contribution in [2.75, 3.05) is 43.0 Å². The van der Waals surface area contributed by atoms with Gasteiger partial charge in [-0.1, -0.05) is 53.0 Å². The summed E-state index contributed by atoms with van der Waals surface area (Å²) in [7, 11) is 0. The number of nitrogens with zero attached hydrogens (tertiary/aromatic N) is 2. The first-order valence-corrected chi connectivity index (χ1v) is 11.8. The molecule has 0 atom stereocenters. The number of halogens is 3. The van der Waals surface area contributed by atoms with Crippen LogP contribution in [0.15, 0.2) is 66.7 Å². The number of piperazine rings is 1. The van der Waals surface area contributed by atoms with Gasteiger partial charge in [-0.25, -0.2) is 0 Å². The summed E-state index contributed by atoms with van der Waals surface area (Å²) in [5, 5.41) is 4.54. The fraction of sp³-hybridized carbons (Fsp3) is 0.240. The first kappa shape index (κ1) is 23.7. The van der Waals surface area contributed by atoms with Gasteiger partial charge in [0.05, 0.1) is 5.02 Å². The third kappa shape index (κ3) is 6.55. The highest BCUT2D eigenvalue weighted by Crippen LogP contribution is 2.27. The number of amides is 1. The van der Waals surface area contributed by atoms with E-state index in [0.29, 0.717) is 21.5 Å². The molecule has 1 fully saturated rings. The Hall–Kier alpha value is -2.44. The molecule has 1 amide bonds. The van der Waals surface area contributed by atoms with Crippen LogP contribution in [0.4, 0.5) is 11.4 Å². The van der Waals surface area contributed by atoms with Gasteiger partial charge in [0.15, 0.2) is 6.61 Å². The molecule has 1 aliphatic heterocycles. The summed E-state index contributed by atoms with van der Waals surface area (Å²) in [4.78, 5) is 17.0. The quantitative estimate of drug-likeness (QED) is 0.429. The van der Waals surface area contributed by atoms with Crippen molar-refractivity contribution in [3.05, 3.63) is 87.4 Å². The molecule has 1 N–H and O–H groups in total. The van der Waals surface area contributed by atoms with E-state index in [4.69, 9.17) is 39.5 Å². The van der Waals surface area contributed by atoms with E-state index in [1.165, 1.54) is 0 Å². The Bertz CT molecular complexity index is 1100. The van der Waals surface area contributed by atoms with E-state index < -0.39 is 0 Å². The van der Waals surface area contributed by atoms with Crippen molar-refractivity contribution in [3.8, 4) is 5.75 Å². The van der Waals surface area contributed by atoms with Gasteiger partial charge < -0.3 is 15.0 Å². The molecule has 0 spiro atoms. The molecule has 4 rings (SSSR count). The maximum Gasteiger partial charge on any atom is 0.262 e. The molecule has 0 aliphatic carbocycles. The van der Waals surface area contributed by atoms with Crippen LogP contribution in [0.2, 0.25) is 15.1 Å². The second kappa shape index (κ2) is 11.1. The normalized spacial score (nSPS) is 14.2. The number of nitrogens with one attached hydrogen (secondary N) is 1. The third-order valence-electron chi connectivity index (χ3n) is 5.49. The summed E-state index contributed by atoms with van der Waals surface area (Å²) in [6.07, 6.45) is 0. The van der Waals surface area contributed by atoms with Crippen LogP contribution in [0.3, 0.4) is 0 Å². The van der Waals surface area contributed by atoms with Crippen molar-refractivity contribution < 1.29 is 9.53 Å². The topological polar surface area (TPSA) is 44.8 Å². The smallest absolute Gasteiger partial charge is 0.262 e. The molecule has 0 radical (unpaired) electrons. The van der Waals surface area contributed by atoms with Crippen LogP contribution in [0.1, 0.15) is 5.56 Å². The van der Waals surface area contributed by atoms with Crippen molar-refractivity contribution in [2.45, 2.75) is 6.54 Å². The summed E-state index contributed by atoms with van der Waals surface area (Å²) >= 11 is 18.2. The van der Waals surface area contributed by atoms with Crippen molar-refractivity contribution >= 4 is 52.1 Å². The lowest BCUT2D eigenvalue weighted by Gasteiger charge is -2.36. The zero-order valence-corrected chi connectivity index (χ0v) is 20.2. The second-order valence-electron chi connectivity index (χ2n) is 7.81. The molecule has 1 aliphatic rings. The molecule has 0 aromatic heterocycles. The van der Waals surface area contributed by atoms with Crippen LogP contribution in [-0.2, 0) is 11.3 Å². The molecule has 3 aromatic carbocycles. The second-order valence-corrected chi connectivity index (χ2v) is 9.06. The predicted molar refractivity (Wildman–Crippen MR) is 136 cm³/mol. The largest absolute Gasteiger partial charge is 0.482 e. The van der Waals surface area contributed by atoms with Crippen LogP contribution in [0.25, 0.3) is 0 Å². The molecule has 1 heterocycles. The number of benzene rings is 3. The summed E-state index contributed by atoms with van der Waals surface area (Å²) in [6.45, 7) is 4.53. The molecule has 172 valence electrons. The zero-order valence-electron chi connectivity index (χ0n) is 17.9. The zero-order chi connectivity index (χ0) is 23.2. The van der Waals surface area contributed by atoms with E-state index in [1.54, 1.807) is 18.2 Å². The Morgan fingerprint density at radius 1 is 0.879 bits per heavy atom. The summed E-state index contributed by atoms with van der Waals surface area (Å²) in [5.74, 6) is 0.155. The SMILES string of the molecule is O=C(COc1ccc(Cl)cc1Cl)Nc1ccc(N2CCN(Cc3ccccc3Cl)CC2)cc1.